The summed E-state index contributed by atoms with van der Waals surface area (Å²) < 4.78 is 28.5. The fraction of sp³-hybridized carbons (Fsp3) is 0.556. The fourth-order valence-corrected chi connectivity index (χ4v) is 1.81. The average molecular weight is 281 g/mol. The Morgan fingerprint density at radius 3 is 2.71 bits per heavy atom. The highest BCUT2D eigenvalue weighted by Gasteiger charge is 2.22. The van der Waals surface area contributed by atoms with Crippen LogP contribution in [0, 0.1) is 0 Å². The predicted molar refractivity (Wildman–Crippen MR) is 62.7 cm³/mol. The van der Waals surface area contributed by atoms with Crippen molar-refractivity contribution in [3.63, 3.8) is 0 Å². The zero-order valence-corrected chi connectivity index (χ0v) is 11.2. The number of halogens is 1. The van der Waals surface area contributed by atoms with Gasteiger partial charge in [0.25, 0.3) is 0 Å². The van der Waals surface area contributed by atoms with Crippen LogP contribution in [0.4, 0.5) is 0 Å². The van der Waals surface area contributed by atoms with Crippen LogP contribution in [0.25, 0.3) is 0 Å². The van der Waals surface area contributed by atoms with E-state index in [1.807, 2.05) is 0 Å². The normalized spacial score (nSPS) is 13.4. The van der Waals surface area contributed by atoms with E-state index in [2.05, 4.69) is 5.10 Å². The van der Waals surface area contributed by atoms with Crippen LogP contribution in [0.2, 0.25) is 5.15 Å². The number of hydrogen-bond donors (Lipinski definition) is 0. The molecule has 0 bridgehead atoms. The molecule has 0 aliphatic carbocycles. The number of ether oxygens (including phenoxy) is 1. The quantitative estimate of drug-likeness (QED) is 0.776. The van der Waals surface area contributed by atoms with Crippen molar-refractivity contribution in [1.29, 1.82) is 0 Å². The molecule has 1 rings (SSSR count). The van der Waals surface area contributed by atoms with Crippen LogP contribution in [0.3, 0.4) is 0 Å². The van der Waals surface area contributed by atoms with Gasteiger partial charge in [-0.15, -0.1) is 0 Å². The van der Waals surface area contributed by atoms with E-state index in [0.29, 0.717) is 0 Å². The molecule has 0 aliphatic rings. The van der Waals surface area contributed by atoms with Gasteiger partial charge in [-0.05, 0) is 13.8 Å². The average Bonchev–Trinajstić information content (AvgIpc) is 2.58. The fourth-order valence-electron chi connectivity index (χ4n) is 1.10. The second-order valence-electron chi connectivity index (χ2n) is 3.46. The Hall–Kier alpha value is -1.08. The highest BCUT2D eigenvalue weighted by molar-refractivity contribution is 7.90. The van der Waals surface area contributed by atoms with Crippen LogP contribution in [0.1, 0.15) is 29.6 Å². The number of sulfone groups is 1. The van der Waals surface area contributed by atoms with Crippen molar-refractivity contribution in [2.24, 2.45) is 0 Å². The molecule has 6 nitrogen and oxygen atoms in total. The smallest absolute Gasteiger partial charge is 0.342 e. The molecule has 17 heavy (non-hydrogen) atoms. The lowest BCUT2D eigenvalue weighted by atomic mass is 10.4. The zero-order chi connectivity index (χ0) is 13.2. The summed E-state index contributed by atoms with van der Waals surface area (Å²) in [7, 11) is -3.31. The second-order valence-corrected chi connectivity index (χ2v) is 6.16. The van der Waals surface area contributed by atoms with Crippen molar-refractivity contribution in [1.82, 2.24) is 9.78 Å². The summed E-state index contributed by atoms with van der Waals surface area (Å²) in [6, 6.07) is 0. The number of carbonyl (C=O) groups is 1. The summed E-state index contributed by atoms with van der Waals surface area (Å²) in [6.45, 7) is 3.32. The number of carbonyl (C=O) groups excluding carboxylic acids is 1. The van der Waals surface area contributed by atoms with Crippen LogP contribution in [-0.2, 0) is 14.6 Å². The molecule has 1 heterocycles. The van der Waals surface area contributed by atoms with E-state index < -0.39 is 21.2 Å². The van der Waals surface area contributed by atoms with Crippen molar-refractivity contribution >= 4 is 27.4 Å². The van der Waals surface area contributed by atoms with Gasteiger partial charge in [0, 0.05) is 12.5 Å². The van der Waals surface area contributed by atoms with Gasteiger partial charge in [0.15, 0.2) is 15.0 Å². The van der Waals surface area contributed by atoms with Crippen LogP contribution in [0.15, 0.2) is 6.20 Å². The van der Waals surface area contributed by atoms with Gasteiger partial charge in [-0.1, -0.05) is 11.6 Å². The molecule has 1 aromatic rings. The van der Waals surface area contributed by atoms with E-state index in [1.165, 1.54) is 13.1 Å². The third-order valence-electron chi connectivity index (χ3n) is 2.17. The summed E-state index contributed by atoms with van der Waals surface area (Å²) >= 11 is 5.74. The van der Waals surface area contributed by atoms with E-state index in [9.17, 15) is 13.2 Å². The predicted octanol–water partition coefficient (Wildman–Crippen LogP) is 1.28. The minimum atomic E-state index is -3.31. The van der Waals surface area contributed by atoms with Crippen molar-refractivity contribution in [2.45, 2.75) is 19.2 Å². The van der Waals surface area contributed by atoms with E-state index in [4.69, 9.17) is 16.3 Å². The first kappa shape index (κ1) is 14.0. The van der Waals surface area contributed by atoms with Gasteiger partial charge in [-0.3, -0.25) is 4.68 Å². The SMILES string of the molecule is CCOC(=O)c1cn(C(C)S(C)(=O)=O)nc1Cl. The maximum absolute atomic E-state index is 11.4. The lowest BCUT2D eigenvalue weighted by Crippen LogP contribution is -2.15. The Labute approximate surface area is 104 Å². The molecule has 0 N–H and O–H groups in total. The molecule has 96 valence electrons. The first-order valence-corrected chi connectivity index (χ1v) is 7.21. The number of aromatic nitrogens is 2. The molecular weight excluding hydrogens is 268 g/mol. The number of rotatable bonds is 4. The summed E-state index contributed by atoms with van der Waals surface area (Å²) in [5.41, 5.74) is 0.0593. The van der Waals surface area contributed by atoms with E-state index in [0.717, 1.165) is 10.9 Å². The third kappa shape index (κ3) is 3.19. The number of esters is 1. The Morgan fingerprint density at radius 2 is 2.24 bits per heavy atom. The molecule has 0 spiro atoms. The van der Waals surface area contributed by atoms with Gasteiger partial charge in [0.1, 0.15) is 10.9 Å². The highest BCUT2D eigenvalue weighted by Crippen LogP contribution is 2.19. The molecule has 0 fully saturated rings. The Kier molecular flexibility index (Phi) is 4.16. The third-order valence-corrected chi connectivity index (χ3v) is 3.91. The van der Waals surface area contributed by atoms with Crippen LogP contribution in [-0.4, -0.2) is 37.0 Å². The largest absolute Gasteiger partial charge is 0.462 e. The molecular formula is C9H13ClN2O4S. The van der Waals surface area contributed by atoms with Gasteiger partial charge < -0.3 is 4.74 Å². The topological polar surface area (TPSA) is 78.3 Å². The van der Waals surface area contributed by atoms with Gasteiger partial charge in [0.2, 0.25) is 0 Å². The molecule has 8 heteroatoms. The Bertz CT molecular complexity index is 523. The van der Waals surface area contributed by atoms with E-state index in [1.54, 1.807) is 6.92 Å². The van der Waals surface area contributed by atoms with Crippen LogP contribution >= 0.6 is 11.6 Å². The van der Waals surface area contributed by atoms with Gasteiger partial charge in [0.05, 0.1) is 6.61 Å². The number of hydrogen-bond acceptors (Lipinski definition) is 5. The monoisotopic (exact) mass is 280 g/mol. The lowest BCUT2D eigenvalue weighted by molar-refractivity contribution is 0.0526. The van der Waals surface area contributed by atoms with Crippen molar-refractivity contribution < 1.29 is 17.9 Å². The Morgan fingerprint density at radius 1 is 1.65 bits per heavy atom. The molecule has 1 aromatic heterocycles. The zero-order valence-electron chi connectivity index (χ0n) is 9.68. The molecule has 0 radical (unpaired) electrons. The molecule has 1 atom stereocenters. The molecule has 0 aromatic carbocycles. The first-order valence-electron chi connectivity index (χ1n) is 4.88. The minimum absolute atomic E-state index is 0.0593. The molecule has 1 unspecified atom stereocenters. The maximum Gasteiger partial charge on any atom is 0.342 e. The van der Waals surface area contributed by atoms with E-state index >= 15 is 0 Å². The summed E-state index contributed by atoms with van der Waals surface area (Å²) in [5.74, 6) is -0.621. The van der Waals surface area contributed by atoms with Crippen molar-refractivity contribution in [3.05, 3.63) is 16.9 Å². The summed E-state index contributed by atoms with van der Waals surface area (Å²) in [5, 5.41) is 2.83. The van der Waals surface area contributed by atoms with Gasteiger partial charge >= 0.3 is 5.97 Å². The minimum Gasteiger partial charge on any atom is -0.462 e. The van der Waals surface area contributed by atoms with Crippen molar-refractivity contribution in [3.8, 4) is 0 Å². The summed E-state index contributed by atoms with van der Waals surface area (Å²) in [6.07, 6.45) is 2.35. The standard InChI is InChI=1S/C9H13ClN2O4S/c1-4-16-9(13)7-5-12(11-8(7)10)6(2)17(3,14)15/h5-6H,4H2,1-3H3. The van der Waals surface area contributed by atoms with Gasteiger partial charge in [-0.2, -0.15) is 5.10 Å². The maximum atomic E-state index is 11.4. The molecule has 0 amide bonds. The molecule has 0 aliphatic heterocycles. The Balaban J connectivity index is 3.08. The van der Waals surface area contributed by atoms with Crippen LogP contribution in [0.5, 0.6) is 0 Å². The molecule has 0 saturated heterocycles. The van der Waals surface area contributed by atoms with Gasteiger partial charge in [-0.25, -0.2) is 13.2 Å². The number of nitrogens with zero attached hydrogens (tertiary/aromatic N) is 2. The van der Waals surface area contributed by atoms with E-state index in [-0.39, 0.29) is 17.3 Å². The summed E-state index contributed by atoms with van der Waals surface area (Å²) in [4.78, 5) is 11.4. The molecule has 0 saturated carbocycles. The first-order chi connectivity index (χ1) is 7.77. The highest BCUT2D eigenvalue weighted by atomic mass is 35.5. The van der Waals surface area contributed by atoms with Crippen molar-refractivity contribution in [2.75, 3.05) is 12.9 Å². The lowest BCUT2D eigenvalue weighted by Gasteiger charge is -2.08. The van der Waals surface area contributed by atoms with Crippen LogP contribution < -0.4 is 0 Å². The second kappa shape index (κ2) is 5.05.